The summed E-state index contributed by atoms with van der Waals surface area (Å²) in [6.07, 6.45) is 6.61. The van der Waals surface area contributed by atoms with Gasteiger partial charge in [0, 0.05) is 25.2 Å². The van der Waals surface area contributed by atoms with E-state index >= 15 is 0 Å². The first-order valence-corrected chi connectivity index (χ1v) is 7.47. The highest BCUT2D eigenvalue weighted by atomic mass is 15.2. The monoisotopic (exact) mass is 240 g/mol. The molecule has 102 valence electrons. The van der Waals surface area contributed by atoms with Gasteiger partial charge in [-0.25, -0.2) is 0 Å². The Morgan fingerprint density at radius 3 is 2.24 bits per heavy atom. The number of unbranched alkanes of at least 4 members (excludes halogenated alkanes) is 2. The van der Waals surface area contributed by atoms with Crippen molar-refractivity contribution in [3.05, 3.63) is 0 Å². The second-order valence-electron chi connectivity index (χ2n) is 6.51. The highest BCUT2D eigenvalue weighted by molar-refractivity contribution is 4.91. The number of nitrogens with zero attached hydrogens (tertiary/aromatic N) is 1. The van der Waals surface area contributed by atoms with E-state index in [1.807, 2.05) is 0 Å². The molecule has 0 amide bonds. The zero-order chi connectivity index (χ0) is 12.9. The first-order chi connectivity index (χ1) is 8.01. The average molecular weight is 240 g/mol. The molecule has 0 aromatic carbocycles. The maximum absolute atomic E-state index is 6.07. The van der Waals surface area contributed by atoms with E-state index in [0.29, 0.717) is 0 Å². The lowest BCUT2D eigenvalue weighted by molar-refractivity contribution is 0.0329. The van der Waals surface area contributed by atoms with Gasteiger partial charge in [-0.1, -0.05) is 40.0 Å². The van der Waals surface area contributed by atoms with Crippen molar-refractivity contribution in [2.45, 2.75) is 65.3 Å². The van der Waals surface area contributed by atoms with E-state index in [1.54, 1.807) is 0 Å². The Bertz CT molecular complexity index is 207. The molecule has 1 heterocycles. The number of hydrogen-bond acceptors (Lipinski definition) is 2. The third-order valence-corrected chi connectivity index (χ3v) is 4.39. The number of likely N-dealkylation sites (tertiary alicyclic amines) is 1. The molecule has 2 heteroatoms. The fourth-order valence-electron chi connectivity index (χ4n) is 3.25. The van der Waals surface area contributed by atoms with E-state index in [4.69, 9.17) is 5.73 Å². The quantitative estimate of drug-likeness (QED) is 0.722. The van der Waals surface area contributed by atoms with Gasteiger partial charge in [-0.05, 0) is 31.6 Å². The van der Waals surface area contributed by atoms with Gasteiger partial charge in [-0.3, -0.25) is 4.90 Å². The maximum atomic E-state index is 6.07. The normalized spacial score (nSPS) is 30.2. The van der Waals surface area contributed by atoms with Crippen LogP contribution in [0.3, 0.4) is 0 Å². The number of nitrogens with two attached hydrogens (primary N) is 1. The summed E-state index contributed by atoms with van der Waals surface area (Å²) in [4.78, 5) is 2.67. The number of rotatable bonds is 6. The minimum absolute atomic E-state index is 0.234. The lowest BCUT2D eigenvalue weighted by Gasteiger charge is -2.46. The van der Waals surface area contributed by atoms with E-state index in [2.05, 4.69) is 32.6 Å². The van der Waals surface area contributed by atoms with Crippen molar-refractivity contribution < 1.29 is 0 Å². The zero-order valence-corrected chi connectivity index (χ0v) is 12.3. The van der Waals surface area contributed by atoms with Crippen LogP contribution in [0.5, 0.6) is 0 Å². The van der Waals surface area contributed by atoms with Crippen LogP contribution in [0, 0.1) is 11.8 Å². The largest absolute Gasteiger partial charge is 0.329 e. The Balaban J connectivity index is 2.57. The summed E-state index contributed by atoms with van der Waals surface area (Å²) < 4.78 is 0. The molecule has 0 saturated carbocycles. The first kappa shape index (κ1) is 15.0. The highest BCUT2D eigenvalue weighted by Gasteiger charge is 2.34. The van der Waals surface area contributed by atoms with E-state index < -0.39 is 0 Å². The van der Waals surface area contributed by atoms with Crippen LogP contribution >= 0.6 is 0 Å². The van der Waals surface area contributed by atoms with Gasteiger partial charge in [-0.15, -0.1) is 0 Å². The minimum Gasteiger partial charge on any atom is -0.329 e. The molecular weight excluding hydrogens is 208 g/mol. The Morgan fingerprint density at radius 1 is 1.18 bits per heavy atom. The highest BCUT2D eigenvalue weighted by Crippen LogP contribution is 2.30. The molecule has 3 atom stereocenters. The number of piperidine rings is 1. The first-order valence-electron chi connectivity index (χ1n) is 7.47. The lowest BCUT2D eigenvalue weighted by Crippen LogP contribution is -2.56. The molecule has 1 rings (SSSR count). The van der Waals surface area contributed by atoms with Crippen molar-refractivity contribution in [3.63, 3.8) is 0 Å². The summed E-state index contributed by atoms with van der Waals surface area (Å²) in [6, 6.07) is 0. The maximum Gasteiger partial charge on any atom is 0.0303 e. The predicted octanol–water partition coefficient (Wildman–Crippen LogP) is 3.26. The molecule has 0 aromatic heterocycles. The molecule has 1 aliphatic heterocycles. The van der Waals surface area contributed by atoms with Gasteiger partial charge in [0.2, 0.25) is 0 Å². The molecule has 0 radical (unpaired) electrons. The molecule has 0 aliphatic carbocycles. The van der Waals surface area contributed by atoms with Crippen LogP contribution in [-0.4, -0.2) is 30.1 Å². The van der Waals surface area contributed by atoms with E-state index in [0.717, 1.165) is 18.4 Å². The van der Waals surface area contributed by atoms with Crippen LogP contribution in [0.4, 0.5) is 0 Å². The zero-order valence-electron chi connectivity index (χ0n) is 12.3. The van der Waals surface area contributed by atoms with Crippen LogP contribution in [-0.2, 0) is 0 Å². The van der Waals surface area contributed by atoms with Crippen LogP contribution in [0.25, 0.3) is 0 Å². The Hall–Kier alpha value is -0.0800. The minimum atomic E-state index is 0.234. The van der Waals surface area contributed by atoms with E-state index in [9.17, 15) is 0 Å². The summed E-state index contributed by atoms with van der Waals surface area (Å²) >= 11 is 0. The van der Waals surface area contributed by atoms with E-state index in [-0.39, 0.29) is 5.54 Å². The van der Waals surface area contributed by atoms with Crippen molar-refractivity contribution in [3.8, 4) is 0 Å². The van der Waals surface area contributed by atoms with Crippen LogP contribution in [0.2, 0.25) is 0 Å². The SMILES string of the molecule is CCCCCC(C)(CN)N1CC(C)CC(C)C1. The Morgan fingerprint density at radius 2 is 1.76 bits per heavy atom. The molecule has 0 spiro atoms. The summed E-state index contributed by atoms with van der Waals surface area (Å²) in [5, 5.41) is 0. The van der Waals surface area contributed by atoms with Crippen molar-refractivity contribution in [1.29, 1.82) is 0 Å². The summed E-state index contributed by atoms with van der Waals surface area (Å²) in [6.45, 7) is 12.7. The second-order valence-corrected chi connectivity index (χ2v) is 6.51. The van der Waals surface area contributed by atoms with E-state index in [1.165, 1.54) is 45.2 Å². The number of hydrogen-bond donors (Lipinski definition) is 1. The average Bonchev–Trinajstić information content (AvgIpc) is 2.28. The molecule has 1 saturated heterocycles. The predicted molar refractivity (Wildman–Crippen MR) is 76.1 cm³/mol. The smallest absolute Gasteiger partial charge is 0.0303 e. The van der Waals surface area contributed by atoms with Gasteiger partial charge in [0.05, 0.1) is 0 Å². The molecule has 2 N–H and O–H groups in total. The van der Waals surface area contributed by atoms with Crippen LogP contribution < -0.4 is 5.73 Å². The van der Waals surface area contributed by atoms with Crippen molar-refractivity contribution in [1.82, 2.24) is 4.90 Å². The molecule has 17 heavy (non-hydrogen) atoms. The van der Waals surface area contributed by atoms with Crippen LogP contribution in [0.15, 0.2) is 0 Å². The van der Waals surface area contributed by atoms with Gasteiger partial charge >= 0.3 is 0 Å². The summed E-state index contributed by atoms with van der Waals surface area (Å²) in [5.74, 6) is 1.66. The third-order valence-electron chi connectivity index (χ3n) is 4.39. The van der Waals surface area contributed by atoms with Gasteiger partial charge in [0.25, 0.3) is 0 Å². The standard InChI is InChI=1S/C15H32N2/c1-5-6-7-8-15(4,12-16)17-10-13(2)9-14(3)11-17/h13-14H,5-12,16H2,1-4H3. The third kappa shape index (κ3) is 4.26. The Labute approximate surface area is 108 Å². The summed E-state index contributed by atoms with van der Waals surface area (Å²) in [7, 11) is 0. The molecule has 1 fully saturated rings. The molecular formula is C15H32N2. The molecule has 0 aromatic rings. The fraction of sp³-hybridized carbons (Fsp3) is 1.00. The molecule has 0 bridgehead atoms. The van der Waals surface area contributed by atoms with Crippen LogP contribution in [0.1, 0.15) is 59.8 Å². The van der Waals surface area contributed by atoms with Gasteiger partial charge in [0.1, 0.15) is 0 Å². The van der Waals surface area contributed by atoms with Gasteiger partial charge < -0.3 is 5.73 Å². The molecule has 1 aliphatic rings. The van der Waals surface area contributed by atoms with Crippen molar-refractivity contribution in [2.24, 2.45) is 17.6 Å². The topological polar surface area (TPSA) is 29.3 Å². The summed E-state index contributed by atoms with van der Waals surface area (Å²) in [5.41, 5.74) is 6.30. The second kappa shape index (κ2) is 6.75. The Kier molecular flexibility index (Phi) is 5.94. The van der Waals surface area contributed by atoms with Gasteiger partial charge in [0.15, 0.2) is 0 Å². The van der Waals surface area contributed by atoms with Gasteiger partial charge in [-0.2, -0.15) is 0 Å². The molecule has 2 nitrogen and oxygen atoms in total. The van der Waals surface area contributed by atoms with Crippen molar-refractivity contribution in [2.75, 3.05) is 19.6 Å². The fourth-order valence-corrected chi connectivity index (χ4v) is 3.25. The van der Waals surface area contributed by atoms with Crippen molar-refractivity contribution >= 4 is 0 Å². The molecule has 3 unspecified atom stereocenters. The lowest BCUT2D eigenvalue weighted by atomic mass is 9.85.